The van der Waals surface area contributed by atoms with Gasteiger partial charge in [0.1, 0.15) is 0 Å². The molecule has 2 nitrogen and oxygen atoms in total. The average molecular weight is 364 g/mol. The van der Waals surface area contributed by atoms with Crippen molar-refractivity contribution in [2.45, 2.75) is 20.8 Å². The fourth-order valence-corrected chi connectivity index (χ4v) is 3.74. The van der Waals surface area contributed by atoms with E-state index in [2.05, 4.69) is 97.5 Å². The first kappa shape index (κ1) is 18.0. The van der Waals surface area contributed by atoms with Gasteiger partial charge in [0.05, 0.1) is 5.69 Å². The van der Waals surface area contributed by atoms with Gasteiger partial charge in [-0.05, 0) is 67.3 Å². The quantitative estimate of drug-likeness (QED) is 0.389. The molecule has 138 valence electrons. The molecule has 28 heavy (non-hydrogen) atoms. The lowest BCUT2D eigenvalue weighted by atomic mass is 9.93. The highest BCUT2D eigenvalue weighted by atomic mass is 14.7. The first-order chi connectivity index (χ1) is 13.7. The van der Waals surface area contributed by atoms with Crippen molar-refractivity contribution in [1.29, 1.82) is 0 Å². The molecule has 0 fully saturated rings. The van der Waals surface area contributed by atoms with Gasteiger partial charge in [-0.3, -0.25) is 4.98 Å². The standard InChI is InChI=1S/C26H24N2/c1-4-20(15-16-23-19(3)21-11-5-6-13-24(21)28-23)22-12-9-10-18(2)26(22)25-14-7-8-17-27-25/h4-17,28H,1-3H3/b16-15-,20-4+. The number of hydrogen-bond donors (Lipinski definition) is 1. The van der Waals surface area contributed by atoms with Crippen LogP contribution in [0.25, 0.3) is 33.8 Å². The minimum atomic E-state index is 1.00. The van der Waals surface area contributed by atoms with Crippen LogP contribution < -0.4 is 0 Å². The van der Waals surface area contributed by atoms with Crippen molar-refractivity contribution < 1.29 is 0 Å². The third-order valence-corrected chi connectivity index (χ3v) is 5.25. The summed E-state index contributed by atoms with van der Waals surface area (Å²) in [5.41, 5.74) is 9.40. The van der Waals surface area contributed by atoms with Gasteiger partial charge in [-0.15, -0.1) is 0 Å². The van der Waals surface area contributed by atoms with Crippen LogP contribution in [0.15, 0.2) is 79.0 Å². The van der Waals surface area contributed by atoms with Gasteiger partial charge in [-0.1, -0.05) is 54.6 Å². The van der Waals surface area contributed by atoms with Crippen LogP contribution in [0.1, 0.15) is 29.3 Å². The topological polar surface area (TPSA) is 28.7 Å². The van der Waals surface area contributed by atoms with Gasteiger partial charge >= 0.3 is 0 Å². The zero-order valence-electron chi connectivity index (χ0n) is 16.5. The Bertz CT molecular complexity index is 1180. The van der Waals surface area contributed by atoms with Gasteiger partial charge in [0.25, 0.3) is 0 Å². The minimum Gasteiger partial charge on any atom is -0.355 e. The second kappa shape index (κ2) is 7.69. The van der Waals surface area contributed by atoms with Crippen molar-refractivity contribution in [3.63, 3.8) is 0 Å². The molecule has 2 heterocycles. The van der Waals surface area contributed by atoms with E-state index in [1.807, 2.05) is 18.3 Å². The summed E-state index contributed by atoms with van der Waals surface area (Å²) >= 11 is 0. The van der Waals surface area contributed by atoms with Crippen molar-refractivity contribution in [2.75, 3.05) is 0 Å². The molecule has 1 N–H and O–H groups in total. The van der Waals surface area contributed by atoms with Crippen molar-refractivity contribution in [1.82, 2.24) is 9.97 Å². The van der Waals surface area contributed by atoms with Crippen LogP contribution in [-0.4, -0.2) is 9.97 Å². The van der Waals surface area contributed by atoms with Crippen LogP contribution in [0.3, 0.4) is 0 Å². The number of benzene rings is 2. The summed E-state index contributed by atoms with van der Waals surface area (Å²) in [5.74, 6) is 0. The maximum atomic E-state index is 4.59. The van der Waals surface area contributed by atoms with Gasteiger partial charge in [0.15, 0.2) is 0 Å². The second-order valence-electron chi connectivity index (χ2n) is 7.00. The first-order valence-electron chi connectivity index (χ1n) is 9.62. The van der Waals surface area contributed by atoms with Crippen LogP contribution in [-0.2, 0) is 0 Å². The number of rotatable bonds is 4. The molecule has 2 heteroatoms. The van der Waals surface area contributed by atoms with Crippen molar-refractivity contribution in [2.24, 2.45) is 0 Å². The maximum absolute atomic E-state index is 4.59. The molecular weight excluding hydrogens is 340 g/mol. The molecule has 0 aliphatic heterocycles. The normalized spacial score (nSPS) is 12.2. The molecule has 0 radical (unpaired) electrons. The monoisotopic (exact) mass is 364 g/mol. The maximum Gasteiger partial charge on any atom is 0.0710 e. The third kappa shape index (κ3) is 3.29. The molecule has 0 bridgehead atoms. The van der Waals surface area contributed by atoms with E-state index in [1.165, 1.54) is 38.7 Å². The lowest BCUT2D eigenvalue weighted by molar-refractivity contribution is 1.30. The van der Waals surface area contributed by atoms with Crippen LogP contribution in [0.5, 0.6) is 0 Å². The zero-order valence-corrected chi connectivity index (χ0v) is 16.5. The number of aromatic amines is 1. The largest absolute Gasteiger partial charge is 0.355 e. The van der Waals surface area contributed by atoms with Crippen LogP contribution in [0.4, 0.5) is 0 Å². The minimum absolute atomic E-state index is 1.00. The average Bonchev–Trinajstić information content (AvgIpc) is 3.05. The highest BCUT2D eigenvalue weighted by molar-refractivity contribution is 5.91. The summed E-state index contributed by atoms with van der Waals surface area (Å²) in [6.07, 6.45) is 8.38. The number of H-pyrrole nitrogens is 1. The predicted octanol–water partition coefficient (Wildman–Crippen LogP) is 6.96. The van der Waals surface area contributed by atoms with Gasteiger partial charge in [0, 0.05) is 28.4 Å². The number of para-hydroxylation sites is 1. The van der Waals surface area contributed by atoms with Crippen LogP contribution in [0.2, 0.25) is 0 Å². The molecule has 2 aromatic heterocycles. The van der Waals surface area contributed by atoms with Crippen LogP contribution >= 0.6 is 0 Å². The summed E-state index contributed by atoms with van der Waals surface area (Å²) in [6.45, 7) is 6.40. The second-order valence-corrected chi connectivity index (χ2v) is 7.00. The first-order valence-corrected chi connectivity index (χ1v) is 9.62. The summed E-state index contributed by atoms with van der Waals surface area (Å²) in [6, 6.07) is 20.9. The van der Waals surface area contributed by atoms with Gasteiger partial charge in [0.2, 0.25) is 0 Å². The molecule has 4 aromatic rings. The predicted molar refractivity (Wildman–Crippen MR) is 120 cm³/mol. The lowest BCUT2D eigenvalue weighted by Crippen LogP contribution is -1.93. The van der Waals surface area contributed by atoms with Crippen molar-refractivity contribution >= 4 is 22.6 Å². The Labute approximate surface area is 166 Å². The molecular formula is C26H24N2. The fourth-order valence-electron chi connectivity index (χ4n) is 3.74. The van der Waals surface area contributed by atoms with E-state index in [1.54, 1.807) is 0 Å². The van der Waals surface area contributed by atoms with E-state index < -0.39 is 0 Å². The van der Waals surface area contributed by atoms with Gasteiger partial charge in [-0.2, -0.15) is 0 Å². The number of hydrogen-bond acceptors (Lipinski definition) is 1. The molecule has 0 saturated carbocycles. The Kier molecular flexibility index (Phi) is 4.94. The summed E-state index contributed by atoms with van der Waals surface area (Å²) in [5, 5.41) is 1.27. The lowest BCUT2D eigenvalue weighted by Gasteiger charge is -2.13. The number of fused-ring (bicyclic) bond motifs is 1. The Hall–Kier alpha value is -3.39. The van der Waals surface area contributed by atoms with E-state index in [-0.39, 0.29) is 0 Å². The number of nitrogens with zero attached hydrogens (tertiary/aromatic N) is 1. The zero-order chi connectivity index (χ0) is 19.5. The highest BCUT2D eigenvalue weighted by Gasteiger charge is 2.11. The SMILES string of the molecule is C/C=C(\C=C/c1[nH]c2ccccc2c1C)c1cccc(C)c1-c1ccccn1. The highest BCUT2D eigenvalue weighted by Crippen LogP contribution is 2.32. The molecule has 0 unspecified atom stereocenters. The molecule has 0 aliphatic carbocycles. The van der Waals surface area contributed by atoms with Crippen molar-refractivity contribution in [3.05, 3.63) is 101 Å². The molecule has 0 saturated heterocycles. The number of nitrogens with one attached hydrogen (secondary N) is 1. The molecule has 4 rings (SSSR count). The summed E-state index contributed by atoms with van der Waals surface area (Å²) in [7, 11) is 0. The Morgan fingerprint density at radius 2 is 1.75 bits per heavy atom. The number of pyridine rings is 1. The molecule has 0 amide bonds. The van der Waals surface area contributed by atoms with E-state index in [0.29, 0.717) is 0 Å². The van der Waals surface area contributed by atoms with Crippen LogP contribution in [0, 0.1) is 13.8 Å². The molecule has 0 aliphatic rings. The Balaban J connectivity index is 1.77. The number of aryl methyl sites for hydroxylation is 2. The molecule has 0 atom stereocenters. The summed E-state index contributed by atoms with van der Waals surface area (Å²) in [4.78, 5) is 8.12. The van der Waals surface area contributed by atoms with E-state index in [4.69, 9.17) is 0 Å². The van der Waals surface area contributed by atoms with E-state index in [0.717, 1.165) is 11.4 Å². The number of allylic oxidation sites excluding steroid dienone is 3. The summed E-state index contributed by atoms with van der Waals surface area (Å²) < 4.78 is 0. The van der Waals surface area contributed by atoms with Crippen molar-refractivity contribution in [3.8, 4) is 11.3 Å². The third-order valence-electron chi connectivity index (χ3n) is 5.25. The van der Waals surface area contributed by atoms with E-state index >= 15 is 0 Å². The molecule has 0 spiro atoms. The smallest absolute Gasteiger partial charge is 0.0710 e. The molecule has 2 aromatic carbocycles. The fraction of sp³-hybridized carbons (Fsp3) is 0.115. The van der Waals surface area contributed by atoms with E-state index in [9.17, 15) is 0 Å². The van der Waals surface area contributed by atoms with Gasteiger partial charge < -0.3 is 4.98 Å². The number of aromatic nitrogens is 2. The Morgan fingerprint density at radius 3 is 2.50 bits per heavy atom. The van der Waals surface area contributed by atoms with Gasteiger partial charge in [-0.25, -0.2) is 0 Å². The Morgan fingerprint density at radius 1 is 0.929 bits per heavy atom.